The lowest BCUT2D eigenvalue weighted by Gasteiger charge is -2.22. The summed E-state index contributed by atoms with van der Waals surface area (Å²) in [7, 11) is 1.67. The fourth-order valence-electron chi connectivity index (χ4n) is 4.38. The molecule has 0 aliphatic carbocycles. The van der Waals surface area contributed by atoms with Crippen LogP contribution in [0.15, 0.2) is 18.5 Å². The molecule has 0 bridgehead atoms. The number of hydrogen-bond donors (Lipinski definition) is 0. The van der Waals surface area contributed by atoms with Crippen molar-refractivity contribution in [2.45, 2.75) is 20.5 Å². The van der Waals surface area contributed by atoms with Gasteiger partial charge in [-0.2, -0.15) is 9.47 Å². The number of methoxy groups -OCH3 is 1. The highest BCUT2D eigenvalue weighted by Crippen LogP contribution is 2.36. The summed E-state index contributed by atoms with van der Waals surface area (Å²) in [5.74, 6) is 3.78. The highest BCUT2D eigenvalue weighted by atomic mass is 32.1. The molecular formula is C19H24N8OS. The molecule has 0 saturated carbocycles. The van der Waals surface area contributed by atoms with Gasteiger partial charge in [-0.15, -0.1) is 0 Å². The molecule has 5 rings (SSSR count). The Bertz CT molecular complexity index is 1000. The minimum absolute atomic E-state index is 0.469. The van der Waals surface area contributed by atoms with E-state index in [1.807, 2.05) is 24.6 Å². The van der Waals surface area contributed by atoms with Crippen molar-refractivity contribution < 1.29 is 4.74 Å². The average Bonchev–Trinajstić information content (AvgIpc) is 3.45. The van der Waals surface area contributed by atoms with Gasteiger partial charge in [0.1, 0.15) is 18.8 Å². The summed E-state index contributed by atoms with van der Waals surface area (Å²) < 4.78 is 11.4. The Kier molecular flexibility index (Phi) is 4.67. The van der Waals surface area contributed by atoms with Crippen LogP contribution in [0.3, 0.4) is 0 Å². The van der Waals surface area contributed by atoms with Crippen molar-refractivity contribution in [3.63, 3.8) is 0 Å². The first-order valence-electron chi connectivity index (χ1n) is 9.78. The van der Waals surface area contributed by atoms with Crippen LogP contribution in [0.25, 0.3) is 5.82 Å². The predicted molar refractivity (Wildman–Crippen MR) is 111 cm³/mol. The first kappa shape index (κ1) is 18.4. The molecule has 2 aliphatic rings. The molecular weight excluding hydrogens is 388 g/mol. The van der Waals surface area contributed by atoms with Crippen molar-refractivity contribution >= 4 is 22.5 Å². The molecule has 10 heteroatoms. The summed E-state index contributed by atoms with van der Waals surface area (Å²) in [6.07, 6.45) is 1.64. The SMILES string of the molecule is COCc1nsc(N2CC3CN(c4cc(-n5nc(C)cc5C)ncn4)CC3C2)n1. The van der Waals surface area contributed by atoms with Gasteiger partial charge in [-0.1, -0.05) is 0 Å². The van der Waals surface area contributed by atoms with Gasteiger partial charge >= 0.3 is 0 Å². The average molecular weight is 413 g/mol. The number of aromatic nitrogens is 6. The zero-order chi connectivity index (χ0) is 20.0. The number of hydrogen-bond acceptors (Lipinski definition) is 9. The lowest BCUT2D eigenvalue weighted by atomic mass is 10.0. The number of nitrogens with zero attached hydrogens (tertiary/aromatic N) is 8. The minimum atomic E-state index is 0.469. The lowest BCUT2D eigenvalue weighted by molar-refractivity contribution is 0.179. The summed E-state index contributed by atoms with van der Waals surface area (Å²) in [5, 5.41) is 5.55. The van der Waals surface area contributed by atoms with E-state index >= 15 is 0 Å². The highest BCUT2D eigenvalue weighted by Gasteiger charge is 2.41. The topological polar surface area (TPSA) is 85.1 Å². The Hall–Kier alpha value is -2.59. The van der Waals surface area contributed by atoms with E-state index in [4.69, 9.17) is 4.74 Å². The van der Waals surface area contributed by atoms with Crippen molar-refractivity contribution in [2.75, 3.05) is 43.1 Å². The van der Waals surface area contributed by atoms with E-state index in [0.717, 1.165) is 60.2 Å². The maximum atomic E-state index is 5.13. The van der Waals surface area contributed by atoms with E-state index < -0.39 is 0 Å². The first-order valence-corrected chi connectivity index (χ1v) is 10.5. The molecule has 9 nitrogen and oxygen atoms in total. The van der Waals surface area contributed by atoms with Gasteiger partial charge < -0.3 is 14.5 Å². The van der Waals surface area contributed by atoms with Gasteiger partial charge in [0.15, 0.2) is 11.6 Å². The summed E-state index contributed by atoms with van der Waals surface area (Å²) in [4.78, 5) is 18.3. The van der Waals surface area contributed by atoms with Crippen LogP contribution in [0.5, 0.6) is 0 Å². The molecule has 2 aliphatic heterocycles. The third kappa shape index (κ3) is 3.46. The molecule has 2 saturated heterocycles. The summed E-state index contributed by atoms with van der Waals surface area (Å²) >= 11 is 1.47. The van der Waals surface area contributed by atoms with Crippen LogP contribution in [0.1, 0.15) is 17.2 Å². The smallest absolute Gasteiger partial charge is 0.205 e. The fourth-order valence-corrected chi connectivity index (χ4v) is 5.08. The number of anilines is 2. The number of aryl methyl sites for hydroxylation is 2. The zero-order valence-corrected chi connectivity index (χ0v) is 17.6. The van der Waals surface area contributed by atoms with Gasteiger partial charge in [0.05, 0.1) is 5.69 Å². The lowest BCUT2D eigenvalue weighted by Crippen LogP contribution is -2.29. The Morgan fingerprint density at radius 2 is 1.76 bits per heavy atom. The molecule has 2 unspecified atom stereocenters. The monoisotopic (exact) mass is 412 g/mol. The molecule has 2 fully saturated rings. The third-order valence-corrected chi connectivity index (χ3v) is 6.49. The third-order valence-electron chi connectivity index (χ3n) is 5.68. The van der Waals surface area contributed by atoms with E-state index in [0.29, 0.717) is 18.4 Å². The number of ether oxygens (including phenoxy) is 1. The Labute approximate surface area is 173 Å². The van der Waals surface area contributed by atoms with Gasteiger partial charge in [-0.25, -0.2) is 19.6 Å². The second-order valence-electron chi connectivity index (χ2n) is 7.83. The first-order chi connectivity index (χ1) is 14.1. The molecule has 0 aromatic carbocycles. The normalized spacial score (nSPS) is 21.2. The molecule has 5 heterocycles. The van der Waals surface area contributed by atoms with Gasteiger partial charge in [0.25, 0.3) is 0 Å². The number of rotatable bonds is 5. The fraction of sp³-hybridized carbons (Fsp3) is 0.526. The van der Waals surface area contributed by atoms with Gasteiger partial charge in [-0.05, 0) is 19.9 Å². The largest absolute Gasteiger partial charge is 0.377 e. The van der Waals surface area contributed by atoms with E-state index in [-0.39, 0.29) is 0 Å². The zero-order valence-electron chi connectivity index (χ0n) is 16.8. The van der Waals surface area contributed by atoms with Gasteiger partial charge in [-0.3, -0.25) is 0 Å². The maximum absolute atomic E-state index is 5.13. The van der Waals surface area contributed by atoms with E-state index in [9.17, 15) is 0 Å². The summed E-state index contributed by atoms with van der Waals surface area (Å²) in [5.41, 5.74) is 2.06. The van der Waals surface area contributed by atoms with Crippen molar-refractivity contribution in [3.05, 3.63) is 35.7 Å². The molecule has 2 atom stereocenters. The standard InChI is InChI=1S/C19H24N8OS/c1-12-4-13(2)27(23-12)18-5-17(20-11-21-18)25-6-14-8-26(9-15(14)7-25)19-22-16(10-28-3)24-29-19/h4-5,11,14-15H,6-10H2,1-3H3. The van der Waals surface area contributed by atoms with Crippen molar-refractivity contribution in [3.8, 4) is 5.82 Å². The Morgan fingerprint density at radius 1 is 1.03 bits per heavy atom. The molecule has 3 aromatic rings. The molecule has 0 spiro atoms. The molecule has 3 aromatic heterocycles. The maximum Gasteiger partial charge on any atom is 0.205 e. The van der Waals surface area contributed by atoms with Crippen LogP contribution in [-0.2, 0) is 11.3 Å². The second-order valence-corrected chi connectivity index (χ2v) is 8.56. The minimum Gasteiger partial charge on any atom is -0.377 e. The van der Waals surface area contributed by atoms with E-state index in [1.54, 1.807) is 13.4 Å². The molecule has 152 valence electrons. The molecule has 29 heavy (non-hydrogen) atoms. The predicted octanol–water partition coefficient (Wildman–Crippen LogP) is 1.85. The summed E-state index contributed by atoms with van der Waals surface area (Å²) in [6.45, 7) is 8.53. The van der Waals surface area contributed by atoms with Gasteiger partial charge in [0, 0.05) is 68.4 Å². The Morgan fingerprint density at radius 3 is 2.45 bits per heavy atom. The highest BCUT2D eigenvalue weighted by molar-refractivity contribution is 7.09. The summed E-state index contributed by atoms with van der Waals surface area (Å²) in [6, 6.07) is 4.10. The second kappa shape index (κ2) is 7.34. The van der Waals surface area contributed by atoms with Crippen molar-refractivity contribution in [1.82, 2.24) is 29.1 Å². The van der Waals surface area contributed by atoms with Crippen LogP contribution in [0.2, 0.25) is 0 Å². The van der Waals surface area contributed by atoms with Gasteiger partial charge in [0.2, 0.25) is 5.13 Å². The quantitative estimate of drug-likeness (QED) is 0.628. The molecule has 0 N–H and O–H groups in total. The van der Waals surface area contributed by atoms with E-state index in [1.165, 1.54) is 11.5 Å². The van der Waals surface area contributed by atoms with Crippen LogP contribution >= 0.6 is 11.5 Å². The van der Waals surface area contributed by atoms with Crippen LogP contribution < -0.4 is 9.80 Å². The van der Waals surface area contributed by atoms with Crippen molar-refractivity contribution in [2.24, 2.45) is 11.8 Å². The van der Waals surface area contributed by atoms with E-state index in [2.05, 4.69) is 40.3 Å². The van der Waals surface area contributed by atoms with Crippen molar-refractivity contribution in [1.29, 1.82) is 0 Å². The van der Waals surface area contributed by atoms with Crippen LogP contribution in [0.4, 0.5) is 10.9 Å². The van der Waals surface area contributed by atoms with Crippen LogP contribution in [0, 0.1) is 25.7 Å². The molecule has 0 amide bonds. The number of fused-ring (bicyclic) bond motifs is 1. The van der Waals surface area contributed by atoms with Crippen LogP contribution in [-0.4, -0.2) is 62.4 Å². The molecule has 0 radical (unpaired) electrons. The Balaban J connectivity index is 1.28.